The Kier molecular flexibility index (Phi) is 9.10. The quantitative estimate of drug-likeness (QED) is 0.271. The first-order chi connectivity index (χ1) is 11.0. The average Bonchev–Trinajstić information content (AvgIpc) is 2.52. The molecule has 0 saturated heterocycles. The van der Waals surface area contributed by atoms with Crippen molar-refractivity contribution in [2.45, 2.75) is 25.4 Å². The zero-order chi connectivity index (χ0) is 18.1. The van der Waals surface area contributed by atoms with Gasteiger partial charge in [0.05, 0.1) is 11.1 Å². The van der Waals surface area contributed by atoms with E-state index in [-0.39, 0.29) is 24.8 Å². The average molecular weight is 445 g/mol. The number of hydrogen-bond donors (Lipinski definition) is 4. The molecule has 2 heterocycles. The van der Waals surface area contributed by atoms with Crippen LogP contribution in [-0.2, 0) is 9.13 Å². The zero-order valence-electron chi connectivity index (χ0n) is 13.9. The third kappa shape index (κ3) is 6.12. The molecule has 0 bridgehead atoms. The molecule has 2 atom stereocenters. The highest BCUT2D eigenvalue weighted by Gasteiger charge is 2.34. The third-order valence-corrected chi connectivity index (χ3v) is 6.29. The first-order valence-corrected chi connectivity index (χ1v) is 10.5. The Balaban J connectivity index is 0.00000312. The highest BCUT2D eigenvalue weighted by atomic mass is 35.5. The minimum absolute atomic E-state index is 0. The van der Waals surface area contributed by atoms with Crippen molar-refractivity contribution in [3.8, 4) is 11.1 Å². The molecule has 8 nitrogen and oxygen atoms in total. The van der Waals surface area contributed by atoms with Gasteiger partial charge in [-0.05, 0) is 12.1 Å². The summed E-state index contributed by atoms with van der Waals surface area (Å²) >= 11 is 0. The van der Waals surface area contributed by atoms with Crippen LogP contribution in [0.25, 0.3) is 11.1 Å². The maximum atomic E-state index is 11.4. The molecule has 2 rings (SSSR count). The van der Waals surface area contributed by atoms with Gasteiger partial charge in [-0.15, -0.1) is 0 Å². The molecule has 0 amide bonds. The van der Waals surface area contributed by atoms with Gasteiger partial charge in [-0.2, -0.15) is 9.13 Å². The fourth-order valence-electron chi connectivity index (χ4n) is 2.14. The standard InChI is InChI=1S/C14H18N2O6P2.2ClH/c1-11(23(17,18)19)15-7-3-5-13(9-15)14-6-4-8-16(10-14)12(2)24(20,21)22;;/h3-12H,1-2H3,(H2-2,17,18,19,20,21,22);2*1H. The Labute approximate surface area is 163 Å². The summed E-state index contributed by atoms with van der Waals surface area (Å²) < 4.78 is 25.7. The summed E-state index contributed by atoms with van der Waals surface area (Å²) in [5.41, 5.74) is 1.34. The molecule has 0 radical (unpaired) electrons. The Morgan fingerprint density at radius 1 is 0.769 bits per heavy atom. The number of hydrogen-bond acceptors (Lipinski definition) is 2. The van der Waals surface area contributed by atoms with E-state index in [9.17, 15) is 28.7 Å². The molecule has 0 aliphatic heterocycles. The van der Waals surface area contributed by atoms with Gasteiger partial charge in [0.2, 0.25) is 0 Å². The second-order valence-electron chi connectivity index (χ2n) is 5.52. The second-order valence-corrected chi connectivity index (χ2v) is 9.37. The molecule has 0 saturated carbocycles. The topological polar surface area (TPSA) is 123 Å². The lowest BCUT2D eigenvalue weighted by Crippen LogP contribution is -3.00. The van der Waals surface area contributed by atoms with E-state index in [4.69, 9.17) is 0 Å². The summed E-state index contributed by atoms with van der Waals surface area (Å²) in [6.45, 7) is 2.84. The van der Waals surface area contributed by atoms with Crippen LogP contribution in [0.15, 0.2) is 49.1 Å². The van der Waals surface area contributed by atoms with Crippen LogP contribution in [0.4, 0.5) is 0 Å². The largest absolute Gasteiger partial charge is 1.00 e. The minimum Gasteiger partial charge on any atom is -1.00 e. The van der Waals surface area contributed by atoms with Gasteiger partial charge in [0, 0.05) is 26.0 Å². The van der Waals surface area contributed by atoms with E-state index in [1.165, 1.54) is 23.0 Å². The monoisotopic (exact) mass is 444 g/mol. The van der Waals surface area contributed by atoms with Crippen LogP contribution in [0.5, 0.6) is 0 Å². The van der Waals surface area contributed by atoms with Gasteiger partial charge in [-0.25, -0.2) is 0 Å². The van der Waals surface area contributed by atoms with Crippen molar-refractivity contribution in [1.29, 1.82) is 0 Å². The molecule has 2 unspecified atom stereocenters. The SMILES string of the molecule is CC([n+]1cccc(-c2ccc[n+](C(C)P(=O)(O)O)c2)c1)P(=O)(O)O.[Cl-].[Cl-]. The first kappa shape index (κ1) is 25.2. The Morgan fingerprint density at radius 2 is 1.08 bits per heavy atom. The van der Waals surface area contributed by atoms with Crippen LogP contribution in [0.2, 0.25) is 0 Å². The summed E-state index contributed by atoms with van der Waals surface area (Å²) in [4.78, 5) is 37.2. The normalized spacial score (nSPS) is 13.9. The van der Waals surface area contributed by atoms with Crippen LogP contribution >= 0.6 is 15.2 Å². The number of aromatic nitrogens is 2. The van der Waals surface area contributed by atoms with E-state index >= 15 is 0 Å². The molecule has 4 N–H and O–H groups in total. The number of nitrogens with zero attached hydrogens (tertiary/aromatic N) is 2. The van der Waals surface area contributed by atoms with Gasteiger partial charge in [-0.1, -0.05) is 0 Å². The van der Waals surface area contributed by atoms with Crippen LogP contribution in [-0.4, -0.2) is 19.6 Å². The Hall–Kier alpha value is -0.820. The van der Waals surface area contributed by atoms with Crippen molar-refractivity contribution in [2.24, 2.45) is 0 Å². The van der Waals surface area contributed by atoms with Crippen molar-refractivity contribution in [1.82, 2.24) is 0 Å². The van der Waals surface area contributed by atoms with Crippen LogP contribution < -0.4 is 33.9 Å². The predicted molar refractivity (Wildman–Crippen MR) is 85.8 cm³/mol. The molecule has 146 valence electrons. The van der Waals surface area contributed by atoms with E-state index in [2.05, 4.69) is 0 Å². The molecule has 26 heavy (non-hydrogen) atoms. The fraction of sp³-hybridized carbons (Fsp3) is 0.286. The number of rotatable bonds is 5. The lowest BCUT2D eigenvalue weighted by Gasteiger charge is -2.11. The minimum atomic E-state index is -4.28. The number of halogens is 2. The zero-order valence-corrected chi connectivity index (χ0v) is 17.2. The molecule has 12 heteroatoms. The summed E-state index contributed by atoms with van der Waals surface area (Å²) in [6, 6.07) is 6.83. The maximum Gasteiger partial charge on any atom is 0.392 e. The van der Waals surface area contributed by atoms with Crippen LogP contribution in [0.1, 0.15) is 25.4 Å². The molecule has 0 aliphatic carbocycles. The van der Waals surface area contributed by atoms with Crippen molar-refractivity contribution < 1.29 is 62.7 Å². The van der Waals surface area contributed by atoms with Crippen molar-refractivity contribution in [3.05, 3.63) is 49.1 Å². The Bertz CT molecular complexity index is 772. The second kappa shape index (κ2) is 9.40. The van der Waals surface area contributed by atoms with E-state index in [1.54, 1.807) is 49.1 Å². The van der Waals surface area contributed by atoms with Gasteiger partial charge in [0.15, 0.2) is 24.8 Å². The summed E-state index contributed by atoms with van der Waals surface area (Å²) in [6.07, 6.45) is 6.29. The van der Waals surface area contributed by atoms with Crippen molar-refractivity contribution in [2.75, 3.05) is 0 Å². The van der Waals surface area contributed by atoms with Crippen LogP contribution in [0.3, 0.4) is 0 Å². The maximum absolute atomic E-state index is 11.4. The highest BCUT2D eigenvalue weighted by molar-refractivity contribution is 7.51. The molecular weight excluding hydrogens is 425 g/mol. The fourth-order valence-corrected chi connectivity index (χ4v) is 3.12. The summed E-state index contributed by atoms with van der Waals surface area (Å²) in [5.74, 6) is -2.02. The molecule has 0 aliphatic rings. The van der Waals surface area contributed by atoms with Crippen molar-refractivity contribution in [3.63, 3.8) is 0 Å². The lowest BCUT2D eigenvalue weighted by atomic mass is 10.1. The predicted octanol–water partition coefficient (Wildman–Crippen LogP) is -4.67. The van der Waals surface area contributed by atoms with E-state index in [0.717, 1.165) is 0 Å². The summed E-state index contributed by atoms with van der Waals surface area (Å²) in [5, 5.41) is 0. The first-order valence-electron chi connectivity index (χ1n) is 7.12. The highest BCUT2D eigenvalue weighted by Crippen LogP contribution is 2.46. The lowest BCUT2D eigenvalue weighted by molar-refractivity contribution is -0.702. The Morgan fingerprint density at radius 3 is 1.35 bits per heavy atom. The molecular formula is C14H20Cl2N2O6P2. The van der Waals surface area contributed by atoms with Gasteiger partial charge in [-0.3, -0.25) is 9.13 Å². The molecule has 0 fully saturated rings. The molecule has 2 aromatic rings. The van der Waals surface area contributed by atoms with E-state index in [0.29, 0.717) is 11.1 Å². The van der Waals surface area contributed by atoms with E-state index < -0.39 is 26.8 Å². The summed E-state index contributed by atoms with van der Waals surface area (Å²) in [7, 11) is -8.57. The van der Waals surface area contributed by atoms with Crippen LogP contribution in [0, 0.1) is 0 Å². The van der Waals surface area contributed by atoms with Gasteiger partial charge in [0.25, 0.3) is 11.6 Å². The number of pyridine rings is 2. The third-order valence-electron chi connectivity index (χ3n) is 3.81. The van der Waals surface area contributed by atoms with Gasteiger partial charge >= 0.3 is 15.2 Å². The smallest absolute Gasteiger partial charge is 0.392 e. The van der Waals surface area contributed by atoms with Gasteiger partial charge in [0.1, 0.15) is 0 Å². The van der Waals surface area contributed by atoms with Gasteiger partial charge < -0.3 is 44.4 Å². The van der Waals surface area contributed by atoms with E-state index in [1.807, 2.05) is 0 Å². The molecule has 0 spiro atoms. The molecule has 2 aromatic heterocycles. The van der Waals surface area contributed by atoms with Crippen molar-refractivity contribution >= 4 is 15.2 Å². The molecule has 0 aromatic carbocycles.